The van der Waals surface area contributed by atoms with E-state index in [-0.39, 0.29) is 42.2 Å². The zero-order valence-corrected chi connectivity index (χ0v) is 21.5. The van der Waals surface area contributed by atoms with Gasteiger partial charge in [0.25, 0.3) is 0 Å². The number of nitrogens with zero attached hydrogens (tertiary/aromatic N) is 2. The number of guanidine groups is 1. The second kappa shape index (κ2) is 9.96. The van der Waals surface area contributed by atoms with E-state index >= 15 is 0 Å². The van der Waals surface area contributed by atoms with Crippen LogP contribution in [-0.4, -0.2) is 53.3 Å². The Morgan fingerprint density at radius 2 is 1.74 bits per heavy atom. The zero-order chi connectivity index (χ0) is 21.3. The third-order valence-electron chi connectivity index (χ3n) is 6.33. The van der Waals surface area contributed by atoms with Crippen LogP contribution in [0.2, 0.25) is 0 Å². The molecule has 31 heavy (non-hydrogen) atoms. The van der Waals surface area contributed by atoms with E-state index in [1.807, 2.05) is 25.7 Å². The fourth-order valence-corrected chi connectivity index (χ4v) is 4.99. The predicted octanol–water partition coefficient (Wildman–Crippen LogP) is 4.65. The Morgan fingerprint density at radius 1 is 1.10 bits per heavy atom. The minimum atomic E-state index is -0.448. The molecule has 2 N–H and O–H groups in total. The summed E-state index contributed by atoms with van der Waals surface area (Å²) in [4.78, 5) is 19.4. The molecule has 1 aromatic rings. The van der Waals surface area contributed by atoms with E-state index in [2.05, 4.69) is 52.9 Å². The number of carbonyl (C=O) groups is 1. The molecule has 3 aliphatic rings. The average Bonchev–Trinajstić information content (AvgIpc) is 3.38. The van der Waals surface area contributed by atoms with E-state index in [4.69, 9.17) is 4.74 Å². The minimum Gasteiger partial charge on any atom is -0.444 e. The van der Waals surface area contributed by atoms with Gasteiger partial charge in [-0.15, -0.1) is 24.0 Å². The summed E-state index contributed by atoms with van der Waals surface area (Å²) in [5.74, 6) is 1.48. The van der Waals surface area contributed by atoms with E-state index in [1.54, 1.807) is 0 Å². The molecule has 3 fully saturated rings. The van der Waals surface area contributed by atoms with E-state index in [1.165, 1.54) is 5.56 Å². The molecule has 1 aliphatic carbocycles. The number of rotatable bonds is 4. The summed E-state index contributed by atoms with van der Waals surface area (Å²) in [6.45, 7) is 8.62. The molecule has 4 unspecified atom stereocenters. The maximum absolute atomic E-state index is 12.7. The highest BCUT2D eigenvalue weighted by molar-refractivity contribution is 14.0. The number of hydrogen-bond donors (Lipinski definition) is 2. The predicted molar refractivity (Wildman–Crippen MR) is 135 cm³/mol. The fraction of sp³-hybridized carbons (Fsp3) is 0.667. The number of fused-ring (bicyclic) bond motifs is 2. The first-order chi connectivity index (χ1) is 14.3. The Balaban J connectivity index is 0.00000272. The molecule has 1 saturated carbocycles. The molecule has 1 aromatic carbocycles. The summed E-state index contributed by atoms with van der Waals surface area (Å²) in [7, 11) is 0. The van der Waals surface area contributed by atoms with Crippen molar-refractivity contribution in [2.24, 2.45) is 4.99 Å². The van der Waals surface area contributed by atoms with E-state index in [0.29, 0.717) is 18.0 Å². The van der Waals surface area contributed by atoms with Gasteiger partial charge in [-0.05, 0) is 65.4 Å². The third-order valence-corrected chi connectivity index (χ3v) is 6.33. The van der Waals surface area contributed by atoms with Crippen LogP contribution in [0, 0.1) is 0 Å². The van der Waals surface area contributed by atoms with Crippen LogP contribution in [0.25, 0.3) is 0 Å². The Bertz CT molecular complexity index is 766. The largest absolute Gasteiger partial charge is 0.444 e. The summed E-state index contributed by atoms with van der Waals surface area (Å²) in [5.41, 5.74) is 0.949. The SMILES string of the molecule is CCN=C(NC1CC2CCC(C1)N2C(=O)OC(C)(C)C)NC1CC1c1ccccc1.I. The number of carbonyl (C=O) groups excluding carboxylic acids is 1. The summed E-state index contributed by atoms with van der Waals surface area (Å²) in [6, 6.07) is 12.0. The normalized spacial score (nSPS) is 29.7. The van der Waals surface area contributed by atoms with Gasteiger partial charge in [-0.3, -0.25) is 4.99 Å². The first kappa shape index (κ1) is 24.1. The number of nitrogens with one attached hydrogen (secondary N) is 2. The van der Waals surface area contributed by atoms with Crippen LogP contribution >= 0.6 is 24.0 Å². The van der Waals surface area contributed by atoms with Crippen molar-refractivity contribution in [3.05, 3.63) is 35.9 Å². The van der Waals surface area contributed by atoms with E-state index in [0.717, 1.165) is 44.6 Å². The maximum atomic E-state index is 12.7. The molecule has 7 heteroatoms. The lowest BCUT2D eigenvalue weighted by atomic mass is 9.98. The Kier molecular flexibility index (Phi) is 7.76. The van der Waals surface area contributed by atoms with Crippen LogP contribution in [0.5, 0.6) is 0 Å². The quantitative estimate of drug-likeness (QED) is 0.332. The molecular formula is C24H37IN4O2. The van der Waals surface area contributed by atoms with Gasteiger partial charge in [0.15, 0.2) is 5.96 Å². The Labute approximate surface area is 203 Å². The van der Waals surface area contributed by atoms with Crippen molar-refractivity contribution in [3.8, 4) is 0 Å². The highest BCUT2D eigenvalue weighted by Crippen LogP contribution is 2.41. The van der Waals surface area contributed by atoms with Crippen LogP contribution in [0.1, 0.15) is 71.3 Å². The summed E-state index contributed by atoms with van der Waals surface area (Å²) < 4.78 is 5.66. The van der Waals surface area contributed by atoms with Gasteiger partial charge in [0.2, 0.25) is 0 Å². The molecule has 2 saturated heterocycles. The van der Waals surface area contributed by atoms with E-state index < -0.39 is 5.60 Å². The number of halogens is 1. The molecule has 0 spiro atoms. The Hall–Kier alpha value is -1.51. The minimum absolute atomic E-state index is 0. The lowest BCUT2D eigenvalue weighted by molar-refractivity contribution is 0.00545. The number of aliphatic imine (C=N–C) groups is 1. The zero-order valence-electron chi connectivity index (χ0n) is 19.1. The monoisotopic (exact) mass is 540 g/mol. The fourth-order valence-electron chi connectivity index (χ4n) is 4.99. The number of amides is 1. The molecule has 1 amide bonds. The van der Waals surface area contributed by atoms with Crippen LogP contribution < -0.4 is 10.6 Å². The molecule has 0 radical (unpaired) electrons. The van der Waals surface area contributed by atoms with Crippen LogP contribution in [-0.2, 0) is 4.74 Å². The average molecular weight is 540 g/mol. The Morgan fingerprint density at radius 3 is 2.32 bits per heavy atom. The third kappa shape index (κ3) is 6.05. The summed E-state index contributed by atoms with van der Waals surface area (Å²) >= 11 is 0. The second-order valence-corrected chi connectivity index (χ2v) is 9.91. The second-order valence-electron chi connectivity index (χ2n) is 9.91. The van der Waals surface area contributed by atoms with Crippen molar-refractivity contribution in [1.82, 2.24) is 15.5 Å². The van der Waals surface area contributed by atoms with Gasteiger partial charge in [-0.2, -0.15) is 0 Å². The lowest BCUT2D eigenvalue weighted by Gasteiger charge is -2.40. The van der Waals surface area contributed by atoms with Crippen molar-refractivity contribution >= 4 is 36.0 Å². The molecule has 172 valence electrons. The van der Waals surface area contributed by atoms with Crippen molar-refractivity contribution in [1.29, 1.82) is 0 Å². The van der Waals surface area contributed by atoms with Gasteiger partial charge in [-0.25, -0.2) is 4.79 Å². The highest BCUT2D eigenvalue weighted by atomic mass is 127. The smallest absolute Gasteiger partial charge is 0.410 e. The van der Waals surface area contributed by atoms with Gasteiger partial charge < -0.3 is 20.3 Å². The summed E-state index contributed by atoms with van der Waals surface area (Å²) in [6.07, 6.45) is 5.03. The molecule has 4 rings (SSSR count). The first-order valence-electron chi connectivity index (χ1n) is 11.5. The number of ether oxygens (including phenoxy) is 1. The van der Waals surface area contributed by atoms with Crippen molar-refractivity contribution < 1.29 is 9.53 Å². The van der Waals surface area contributed by atoms with Crippen molar-refractivity contribution in [3.63, 3.8) is 0 Å². The lowest BCUT2D eigenvalue weighted by Crippen LogP contribution is -2.55. The molecule has 0 aromatic heterocycles. The first-order valence-corrected chi connectivity index (χ1v) is 11.5. The van der Waals surface area contributed by atoms with Crippen LogP contribution in [0.3, 0.4) is 0 Å². The molecule has 2 heterocycles. The molecule has 2 aliphatic heterocycles. The molecular weight excluding hydrogens is 503 g/mol. The van der Waals surface area contributed by atoms with E-state index in [9.17, 15) is 4.79 Å². The summed E-state index contributed by atoms with van der Waals surface area (Å²) in [5, 5.41) is 7.31. The number of benzene rings is 1. The van der Waals surface area contributed by atoms with Gasteiger partial charge in [0, 0.05) is 36.6 Å². The van der Waals surface area contributed by atoms with Crippen molar-refractivity contribution in [2.75, 3.05) is 6.54 Å². The maximum Gasteiger partial charge on any atom is 0.410 e. The van der Waals surface area contributed by atoms with Crippen LogP contribution in [0.15, 0.2) is 35.3 Å². The van der Waals surface area contributed by atoms with Crippen molar-refractivity contribution in [2.45, 2.75) is 95.5 Å². The topological polar surface area (TPSA) is 66.0 Å². The van der Waals surface area contributed by atoms with Gasteiger partial charge in [0.1, 0.15) is 5.60 Å². The molecule has 4 atom stereocenters. The number of piperidine rings is 1. The van der Waals surface area contributed by atoms with Gasteiger partial charge in [-0.1, -0.05) is 30.3 Å². The standard InChI is InChI=1S/C24H36N4O2.HI/c1-5-25-22(27-21-15-20(21)16-9-7-6-8-10-16)26-17-13-18-11-12-19(14-17)28(18)23(29)30-24(2,3)4;/h6-10,17-21H,5,11-15H2,1-4H3,(H2,25,26,27);1H. The van der Waals surface area contributed by atoms with Gasteiger partial charge >= 0.3 is 6.09 Å². The van der Waals surface area contributed by atoms with Gasteiger partial charge in [0.05, 0.1) is 0 Å². The molecule has 6 nitrogen and oxygen atoms in total. The number of hydrogen-bond acceptors (Lipinski definition) is 3. The molecule has 2 bridgehead atoms. The highest BCUT2D eigenvalue weighted by Gasteiger charge is 2.45. The van der Waals surface area contributed by atoms with Crippen LogP contribution in [0.4, 0.5) is 4.79 Å².